The van der Waals surface area contributed by atoms with Crippen molar-refractivity contribution in [3.63, 3.8) is 0 Å². The first kappa shape index (κ1) is 16.5. The number of nitro benzene ring substituents is 1. The van der Waals surface area contributed by atoms with Gasteiger partial charge in [0.25, 0.3) is 5.91 Å². The van der Waals surface area contributed by atoms with Crippen LogP contribution >= 0.6 is 0 Å². The van der Waals surface area contributed by atoms with Gasteiger partial charge in [-0.25, -0.2) is 4.39 Å². The minimum atomic E-state index is -1.30. The average molecular weight is 302 g/mol. The quantitative estimate of drug-likeness (QED) is 0.372. The molecule has 0 radical (unpaired) electrons. The van der Waals surface area contributed by atoms with Gasteiger partial charge in [-0.05, 0) is 12.5 Å². The van der Waals surface area contributed by atoms with Crippen LogP contribution in [0.5, 0.6) is 0 Å². The third-order valence-electron chi connectivity index (χ3n) is 2.55. The van der Waals surface area contributed by atoms with E-state index in [4.69, 9.17) is 0 Å². The summed E-state index contributed by atoms with van der Waals surface area (Å²) in [7, 11) is 1.22. The van der Waals surface area contributed by atoms with E-state index in [-0.39, 0.29) is 19.4 Å². The van der Waals surface area contributed by atoms with Crippen molar-refractivity contribution in [2.75, 3.05) is 13.7 Å². The van der Waals surface area contributed by atoms with Crippen molar-refractivity contribution < 1.29 is 28.0 Å². The van der Waals surface area contributed by atoms with Crippen LogP contribution in [0.3, 0.4) is 0 Å². The number of nitro groups is 1. The summed E-state index contributed by atoms with van der Waals surface area (Å²) in [6.07, 6.45) is 0.323. The molecule has 1 rings (SSSR count). The number of nitrogens with zero attached hydrogens (tertiary/aromatic N) is 1. The molecule has 9 heteroatoms. The number of amides is 1. The Labute approximate surface area is 118 Å². The molecule has 0 aliphatic carbocycles. The van der Waals surface area contributed by atoms with E-state index in [0.29, 0.717) is 12.1 Å². The molecule has 0 unspecified atom stereocenters. The van der Waals surface area contributed by atoms with Gasteiger partial charge in [0.1, 0.15) is 5.82 Å². The monoisotopic (exact) mass is 302 g/mol. The Morgan fingerprint density at radius 1 is 1.33 bits per heavy atom. The molecule has 21 heavy (non-hydrogen) atoms. The SMILES string of the molecule is COC(=O)CCCNC(=O)c1cc(F)c([N+](=O)[O-])cc1F. The Hall–Kier alpha value is -2.58. The predicted molar refractivity (Wildman–Crippen MR) is 66.6 cm³/mol. The lowest BCUT2D eigenvalue weighted by atomic mass is 10.1. The molecule has 1 N–H and O–H groups in total. The molecular weight excluding hydrogens is 290 g/mol. The molecule has 0 bridgehead atoms. The number of esters is 1. The van der Waals surface area contributed by atoms with Gasteiger partial charge in [-0.2, -0.15) is 4.39 Å². The second kappa shape index (κ2) is 7.27. The van der Waals surface area contributed by atoms with Gasteiger partial charge in [0.15, 0.2) is 0 Å². The minimum absolute atomic E-state index is 0.0476. The first-order valence-electron chi connectivity index (χ1n) is 5.85. The molecule has 1 aromatic carbocycles. The molecule has 0 atom stereocenters. The summed E-state index contributed by atoms with van der Waals surface area (Å²) in [5.41, 5.74) is -1.69. The van der Waals surface area contributed by atoms with Crippen molar-refractivity contribution in [1.29, 1.82) is 0 Å². The summed E-state index contributed by atoms with van der Waals surface area (Å²) in [6.45, 7) is 0.0476. The Morgan fingerprint density at radius 2 is 2.00 bits per heavy atom. The predicted octanol–water partition coefficient (Wildman–Crippen LogP) is 1.56. The zero-order chi connectivity index (χ0) is 16.0. The van der Waals surface area contributed by atoms with Gasteiger partial charge in [0.2, 0.25) is 5.82 Å². The van der Waals surface area contributed by atoms with Crippen LogP contribution < -0.4 is 5.32 Å². The highest BCUT2D eigenvalue weighted by Gasteiger charge is 2.21. The lowest BCUT2D eigenvalue weighted by molar-refractivity contribution is -0.387. The molecule has 0 saturated heterocycles. The maximum atomic E-state index is 13.5. The smallest absolute Gasteiger partial charge is 0.307 e. The number of hydrogen-bond acceptors (Lipinski definition) is 5. The Balaban J connectivity index is 2.69. The van der Waals surface area contributed by atoms with Crippen molar-refractivity contribution in [2.45, 2.75) is 12.8 Å². The number of ether oxygens (including phenoxy) is 1. The highest BCUT2D eigenvalue weighted by molar-refractivity contribution is 5.94. The molecular formula is C12H12F2N2O5. The highest BCUT2D eigenvalue weighted by Crippen LogP contribution is 2.21. The molecule has 0 aliphatic heterocycles. The summed E-state index contributed by atoms with van der Waals surface area (Å²) in [5.74, 6) is -3.89. The van der Waals surface area contributed by atoms with E-state index in [9.17, 15) is 28.5 Å². The first-order valence-corrected chi connectivity index (χ1v) is 5.85. The van der Waals surface area contributed by atoms with Crippen molar-refractivity contribution in [2.24, 2.45) is 0 Å². The van der Waals surface area contributed by atoms with E-state index < -0.39 is 39.7 Å². The molecule has 0 aliphatic rings. The van der Waals surface area contributed by atoms with Gasteiger partial charge in [-0.15, -0.1) is 0 Å². The molecule has 1 aromatic rings. The fourth-order valence-corrected chi connectivity index (χ4v) is 1.48. The Morgan fingerprint density at radius 3 is 2.57 bits per heavy atom. The molecule has 1 amide bonds. The zero-order valence-corrected chi connectivity index (χ0v) is 11.0. The summed E-state index contributed by atoms with van der Waals surface area (Å²) in [4.78, 5) is 31.8. The summed E-state index contributed by atoms with van der Waals surface area (Å²) < 4.78 is 31.2. The summed E-state index contributed by atoms with van der Waals surface area (Å²) in [6, 6.07) is 0.807. The van der Waals surface area contributed by atoms with Crippen LogP contribution in [0, 0.1) is 21.7 Å². The van der Waals surface area contributed by atoms with Crippen LogP contribution in [0.25, 0.3) is 0 Å². The average Bonchev–Trinajstić information content (AvgIpc) is 2.44. The normalized spacial score (nSPS) is 10.0. The number of hydrogen-bond donors (Lipinski definition) is 1. The van der Waals surface area contributed by atoms with Gasteiger partial charge in [0, 0.05) is 13.0 Å². The van der Waals surface area contributed by atoms with Crippen molar-refractivity contribution in [3.8, 4) is 0 Å². The van der Waals surface area contributed by atoms with E-state index in [1.807, 2.05) is 0 Å². The standard InChI is InChI=1S/C12H12F2N2O5/c1-21-11(17)3-2-4-15-12(18)7-5-9(14)10(16(19)20)6-8(7)13/h5-6H,2-4H2,1H3,(H,15,18). The third-order valence-corrected chi connectivity index (χ3v) is 2.55. The fraction of sp³-hybridized carbons (Fsp3) is 0.333. The van der Waals surface area contributed by atoms with Gasteiger partial charge in [-0.1, -0.05) is 0 Å². The number of carbonyl (C=O) groups is 2. The summed E-state index contributed by atoms with van der Waals surface area (Å²) in [5, 5.41) is 12.7. The van der Waals surface area contributed by atoms with Crippen LogP contribution in [0.15, 0.2) is 12.1 Å². The number of methoxy groups -OCH3 is 1. The van der Waals surface area contributed by atoms with Crippen LogP contribution in [-0.4, -0.2) is 30.5 Å². The lowest BCUT2D eigenvalue weighted by Gasteiger charge is -2.06. The van der Waals surface area contributed by atoms with Crippen LogP contribution in [0.2, 0.25) is 0 Å². The lowest BCUT2D eigenvalue weighted by Crippen LogP contribution is -2.26. The molecule has 0 saturated carbocycles. The van der Waals surface area contributed by atoms with Gasteiger partial charge >= 0.3 is 11.7 Å². The fourth-order valence-electron chi connectivity index (χ4n) is 1.48. The largest absolute Gasteiger partial charge is 0.469 e. The molecule has 114 valence electrons. The Bertz CT molecular complexity index is 577. The van der Waals surface area contributed by atoms with Crippen molar-refractivity contribution >= 4 is 17.6 Å². The number of benzene rings is 1. The maximum absolute atomic E-state index is 13.5. The van der Waals surface area contributed by atoms with Gasteiger partial charge in [0.05, 0.1) is 23.7 Å². The molecule has 0 fully saturated rings. The topological polar surface area (TPSA) is 98.5 Å². The van der Waals surface area contributed by atoms with Gasteiger partial charge in [-0.3, -0.25) is 19.7 Å². The maximum Gasteiger partial charge on any atom is 0.307 e. The van der Waals surface area contributed by atoms with Gasteiger partial charge < -0.3 is 10.1 Å². The number of nitrogens with one attached hydrogen (secondary N) is 1. The second-order valence-corrected chi connectivity index (χ2v) is 3.98. The number of carbonyl (C=O) groups excluding carboxylic acids is 2. The molecule has 0 aromatic heterocycles. The van der Waals surface area contributed by atoms with Crippen molar-refractivity contribution in [1.82, 2.24) is 5.32 Å². The number of rotatable bonds is 6. The summed E-state index contributed by atoms with van der Waals surface area (Å²) >= 11 is 0. The molecule has 0 heterocycles. The zero-order valence-electron chi connectivity index (χ0n) is 11.0. The van der Waals surface area contributed by atoms with E-state index in [0.717, 1.165) is 0 Å². The molecule has 0 spiro atoms. The third kappa shape index (κ3) is 4.48. The highest BCUT2D eigenvalue weighted by atomic mass is 19.1. The minimum Gasteiger partial charge on any atom is -0.469 e. The van der Waals surface area contributed by atoms with E-state index in [1.54, 1.807) is 0 Å². The van der Waals surface area contributed by atoms with E-state index in [1.165, 1.54) is 7.11 Å². The molecule has 7 nitrogen and oxygen atoms in total. The Kier molecular flexibility index (Phi) is 5.70. The van der Waals surface area contributed by atoms with Crippen LogP contribution in [-0.2, 0) is 9.53 Å². The second-order valence-electron chi connectivity index (χ2n) is 3.98. The van der Waals surface area contributed by atoms with Crippen LogP contribution in [0.1, 0.15) is 23.2 Å². The van der Waals surface area contributed by atoms with E-state index in [2.05, 4.69) is 10.1 Å². The number of halogens is 2. The van der Waals surface area contributed by atoms with Crippen LogP contribution in [0.4, 0.5) is 14.5 Å². The van der Waals surface area contributed by atoms with Crippen molar-refractivity contribution in [3.05, 3.63) is 39.4 Å². The first-order chi connectivity index (χ1) is 9.86. The van der Waals surface area contributed by atoms with E-state index >= 15 is 0 Å².